The van der Waals surface area contributed by atoms with Gasteiger partial charge < -0.3 is 9.47 Å². The molecule has 0 aliphatic carbocycles. The number of rotatable bonds is 8. The summed E-state index contributed by atoms with van der Waals surface area (Å²) >= 11 is 13.6. The Hall–Kier alpha value is -1.34. The van der Waals surface area contributed by atoms with Crippen LogP contribution in [0.25, 0.3) is 0 Å². The van der Waals surface area contributed by atoms with Crippen LogP contribution in [0.1, 0.15) is 22.8 Å². The van der Waals surface area contributed by atoms with Crippen LogP contribution in [-0.4, -0.2) is 41.8 Å². The summed E-state index contributed by atoms with van der Waals surface area (Å²) in [6.07, 6.45) is 6.26. The Morgan fingerprint density at radius 2 is 1.96 bits per heavy atom. The fraction of sp³-hybridized carbons (Fsp3) is 0.353. The fourth-order valence-corrected chi connectivity index (χ4v) is 3.14. The molecule has 0 aliphatic rings. The molecular formula is C17H18Cl2N2O3S. The lowest BCUT2D eigenvalue weighted by Gasteiger charge is -2.16. The van der Waals surface area contributed by atoms with Crippen LogP contribution in [0.5, 0.6) is 5.75 Å². The number of ether oxygens (including phenoxy) is 2. The summed E-state index contributed by atoms with van der Waals surface area (Å²) < 4.78 is 10.9. The van der Waals surface area contributed by atoms with Gasteiger partial charge in [0.05, 0.1) is 16.7 Å². The molecule has 0 spiro atoms. The number of nitrogens with zero attached hydrogens (tertiary/aromatic N) is 2. The monoisotopic (exact) mass is 400 g/mol. The molecule has 0 aromatic carbocycles. The van der Waals surface area contributed by atoms with Crippen molar-refractivity contribution in [2.45, 2.75) is 24.5 Å². The van der Waals surface area contributed by atoms with E-state index in [0.717, 1.165) is 0 Å². The van der Waals surface area contributed by atoms with E-state index in [1.54, 1.807) is 13.2 Å². The third kappa shape index (κ3) is 5.31. The quantitative estimate of drug-likeness (QED) is 0.484. The van der Waals surface area contributed by atoms with Gasteiger partial charge in [-0.2, -0.15) is 0 Å². The van der Waals surface area contributed by atoms with Gasteiger partial charge in [0.1, 0.15) is 11.1 Å². The predicted octanol–water partition coefficient (Wildman–Crippen LogP) is 4.34. The second-order valence-corrected chi connectivity index (χ2v) is 6.91. The highest BCUT2D eigenvalue weighted by Gasteiger charge is 2.17. The lowest BCUT2D eigenvalue weighted by Crippen LogP contribution is -2.19. The van der Waals surface area contributed by atoms with Crippen molar-refractivity contribution in [3.8, 4) is 5.75 Å². The summed E-state index contributed by atoms with van der Waals surface area (Å²) in [5, 5.41) is 1.43. The van der Waals surface area contributed by atoms with Crippen LogP contribution in [0.3, 0.4) is 0 Å². The van der Waals surface area contributed by atoms with E-state index in [9.17, 15) is 4.79 Å². The summed E-state index contributed by atoms with van der Waals surface area (Å²) in [5.74, 6) is 0.397. The van der Waals surface area contributed by atoms with Gasteiger partial charge in [0.25, 0.3) is 0 Å². The average molecular weight is 401 g/mol. The molecule has 0 N–H and O–H groups in total. The minimum atomic E-state index is -0.160. The molecule has 8 heteroatoms. The largest absolute Gasteiger partial charge is 0.485 e. The van der Waals surface area contributed by atoms with Crippen LogP contribution < -0.4 is 4.74 Å². The molecule has 5 nitrogen and oxygen atoms in total. The smallest absolute Gasteiger partial charge is 0.169 e. The van der Waals surface area contributed by atoms with Crippen LogP contribution in [0.15, 0.2) is 29.7 Å². The molecule has 0 amide bonds. The van der Waals surface area contributed by atoms with Crippen LogP contribution in [-0.2, 0) is 11.2 Å². The topological polar surface area (TPSA) is 61.3 Å². The first-order valence-electron chi connectivity index (χ1n) is 7.47. The standard InChI is InChI=1S/C17H18Cl2N2O3S/c1-10(9-23-2)24-16-4-11(6-21-17(16)25-3)15(22)5-12-13(18)7-20-8-14(12)19/h4,6-8,10H,5,9H2,1-3H3. The molecule has 0 bridgehead atoms. The number of ketones is 1. The molecule has 1 atom stereocenters. The molecular weight excluding hydrogens is 383 g/mol. The molecule has 0 saturated carbocycles. The minimum absolute atomic E-state index is 0.0630. The molecule has 2 aromatic heterocycles. The number of aromatic nitrogens is 2. The van der Waals surface area contributed by atoms with Crippen molar-refractivity contribution in [2.75, 3.05) is 20.0 Å². The van der Waals surface area contributed by atoms with E-state index in [4.69, 9.17) is 32.7 Å². The fourth-order valence-electron chi connectivity index (χ4n) is 2.18. The van der Waals surface area contributed by atoms with Gasteiger partial charge in [-0.1, -0.05) is 23.2 Å². The van der Waals surface area contributed by atoms with Gasteiger partial charge in [0.2, 0.25) is 0 Å². The highest BCUT2D eigenvalue weighted by molar-refractivity contribution is 7.98. The van der Waals surface area contributed by atoms with Gasteiger partial charge in [0, 0.05) is 43.2 Å². The van der Waals surface area contributed by atoms with Crippen molar-refractivity contribution in [1.82, 2.24) is 9.97 Å². The number of Topliss-reactive ketones (excluding diaryl/α,β-unsaturated/α-hetero) is 1. The third-order valence-electron chi connectivity index (χ3n) is 3.35. The van der Waals surface area contributed by atoms with Crippen LogP contribution >= 0.6 is 35.0 Å². The number of pyridine rings is 2. The molecule has 0 radical (unpaired) electrons. The van der Waals surface area contributed by atoms with Crippen molar-refractivity contribution in [3.05, 3.63) is 45.8 Å². The Labute approximate surface area is 161 Å². The Bertz CT molecular complexity index is 738. The number of hydrogen-bond donors (Lipinski definition) is 0. The van der Waals surface area contributed by atoms with Crippen molar-refractivity contribution < 1.29 is 14.3 Å². The summed E-state index contributed by atoms with van der Waals surface area (Å²) in [7, 11) is 1.61. The van der Waals surface area contributed by atoms with E-state index >= 15 is 0 Å². The molecule has 1 unspecified atom stereocenters. The molecule has 2 heterocycles. The number of methoxy groups -OCH3 is 1. The average Bonchev–Trinajstić information content (AvgIpc) is 2.58. The number of carbonyl (C=O) groups is 1. The number of halogens is 2. The summed E-state index contributed by atoms with van der Waals surface area (Å²) in [5.41, 5.74) is 0.980. The Morgan fingerprint density at radius 1 is 1.28 bits per heavy atom. The summed E-state index contributed by atoms with van der Waals surface area (Å²) in [6, 6.07) is 1.69. The van der Waals surface area contributed by atoms with Crippen LogP contribution in [0.4, 0.5) is 0 Å². The van der Waals surface area contributed by atoms with Crippen molar-refractivity contribution in [3.63, 3.8) is 0 Å². The van der Waals surface area contributed by atoms with E-state index in [1.807, 2.05) is 13.2 Å². The molecule has 0 saturated heterocycles. The zero-order valence-corrected chi connectivity index (χ0v) is 16.4. The van der Waals surface area contributed by atoms with Crippen molar-refractivity contribution in [1.29, 1.82) is 0 Å². The molecule has 0 aliphatic heterocycles. The highest BCUT2D eigenvalue weighted by Crippen LogP contribution is 2.29. The predicted molar refractivity (Wildman–Crippen MR) is 100 cm³/mol. The normalized spacial score (nSPS) is 12.0. The molecule has 25 heavy (non-hydrogen) atoms. The van der Waals surface area contributed by atoms with E-state index < -0.39 is 0 Å². The second kappa shape index (κ2) is 9.38. The maximum atomic E-state index is 12.6. The third-order valence-corrected chi connectivity index (χ3v) is 4.70. The Morgan fingerprint density at radius 3 is 2.56 bits per heavy atom. The van der Waals surface area contributed by atoms with Gasteiger partial charge >= 0.3 is 0 Å². The molecule has 134 valence electrons. The second-order valence-electron chi connectivity index (χ2n) is 5.30. The van der Waals surface area contributed by atoms with Gasteiger partial charge in [-0.05, 0) is 19.2 Å². The zero-order valence-electron chi connectivity index (χ0n) is 14.1. The van der Waals surface area contributed by atoms with Crippen LogP contribution in [0.2, 0.25) is 10.0 Å². The van der Waals surface area contributed by atoms with E-state index in [0.29, 0.717) is 38.6 Å². The molecule has 2 rings (SSSR count). The zero-order chi connectivity index (χ0) is 18.4. The van der Waals surface area contributed by atoms with Crippen LogP contribution in [0, 0.1) is 0 Å². The minimum Gasteiger partial charge on any atom is -0.485 e. The number of thioether (sulfide) groups is 1. The summed E-state index contributed by atoms with van der Waals surface area (Å²) in [6.45, 7) is 2.33. The van der Waals surface area contributed by atoms with Gasteiger partial charge in [-0.25, -0.2) is 4.98 Å². The van der Waals surface area contributed by atoms with Crippen molar-refractivity contribution in [2.24, 2.45) is 0 Å². The number of carbonyl (C=O) groups excluding carboxylic acids is 1. The molecule has 2 aromatic rings. The lowest BCUT2D eigenvalue weighted by atomic mass is 10.1. The van der Waals surface area contributed by atoms with Gasteiger partial charge in [-0.15, -0.1) is 11.8 Å². The lowest BCUT2D eigenvalue weighted by molar-refractivity contribution is 0.0892. The maximum absolute atomic E-state index is 12.6. The SMILES string of the molecule is COCC(C)Oc1cc(C(=O)Cc2c(Cl)cncc2Cl)cnc1SC. The van der Waals surface area contributed by atoms with E-state index in [1.165, 1.54) is 30.4 Å². The first-order valence-corrected chi connectivity index (χ1v) is 9.45. The Kier molecular flexibility index (Phi) is 7.50. The first kappa shape index (κ1) is 20.0. The van der Waals surface area contributed by atoms with E-state index in [2.05, 4.69) is 9.97 Å². The molecule has 0 fully saturated rings. The van der Waals surface area contributed by atoms with Gasteiger partial charge in [0.15, 0.2) is 11.5 Å². The Balaban J connectivity index is 2.25. The summed E-state index contributed by atoms with van der Waals surface area (Å²) in [4.78, 5) is 20.8. The highest BCUT2D eigenvalue weighted by atomic mass is 35.5. The van der Waals surface area contributed by atoms with Crippen molar-refractivity contribution >= 4 is 40.7 Å². The van der Waals surface area contributed by atoms with E-state index in [-0.39, 0.29) is 18.3 Å². The van der Waals surface area contributed by atoms with Gasteiger partial charge in [-0.3, -0.25) is 9.78 Å². The first-order chi connectivity index (χ1) is 12.0. The number of hydrogen-bond acceptors (Lipinski definition) is 6. The maximum Gasteiger partial charge on any atom is 0.169 e.